The maximum atomic E-state index is 11.6. The van der Waals surface area contributed by atoms with E-state index in [9.17, 15) is 8.42 Å². The van der Waals surface area contributed by atoms with E-state index in [0.29, 0.717) is 11.8 Å². The molecule has 0 bridgehead atoms. The number of anilines is 1. The Balaban J connectivity index is 1.83. The highest BCUT2D eigenvalue weighted by molar-refractivity contribution is 7.91. The van der Waals surface area contributed by atoms with E-state index in [2.05, 4.69) is 10.2 Å². The van der Waals surface area contributed by atoms with Crippen LogP contribution in [0.2, 0.25) is 0 Å². The quantitative estimate of drug-likeness (QED) is 0.912. The van der Waals surface area contributed by atoms with Gasteiger partial charge in [0.15, 0.2) is 15.0 Å². The molecule has 0 radical (unpaired) electrons. The summed E-state index contributed by atoms with van der Waals surface area (Å²) in [6, 6.07) is 0.492. The fourth-order valence-corrected chi connectivity index (χ4v) is 6.13. The van der Waals surface area contributed by atoms with Crippen LogP contribution in [-0.4, -0.2) is 45.0 Å². The number of nitrogens with one attached hydrogen (secondary N) is 1. The topological polar surface area (TPSA) is 62.3 Å². The lowest BCUT2D eigenvalue weighted by atomic mass is 9.98. The number of hydrogen-bond acceptors (Lipinski definition) is 6. The minimum Gasteiger partial charge on any atom is -0.347 e. The van der Waals surface area contributed by atoms with Crippen LogP contribution >= 0.6 is 11.3 Å². The van der Waals surface area contributed by atoms with E-state index in [1.54, 1.807) is 11.3 Å². The lowest BCUT2D eigenvalue weighted by Gasteiger charge is -2.22. The molecule has 112 valence electrons. The van der Waals surface area contributed by atoms with Crippen molar-refractivity contribution in [2.75, 3.05) is 30.5 Å². The standard InChI is InChI=1S/C13H21N3O2S2/c1-14-10-4-3-5-11-12(10)19-13(15-11)16(2)9-6-7-20(17,18)8-9/h9-10,14H,3-8H2,1-2H3. The molecule has 7 heteroatoms. The minimum atomic E-state index is -2.84. The molecule has 2 atom stereocenters. The predicted octanol–water partition coefficient (Wildman–Crippen LogP) is 1.36. The molecule has 1 fully saturated rings. The zero-order valence-electron chi connectivity index (χ0n) is 11.9. The third-order valence-corrected chi connectivity index (χ3v) is 7.40. The van der Waals surface area contributed by atoms with E-state index < -0.39 is 9.84 Å². The van der Waals surface area contributed by atoms with Gasteiger partial charge in [-0.25, -0.2) is 13.4 Å². The van der Waals surface area contributed by atoms with Crippen molar-refractivity contribution in [2.45, 2.75) is 37.8 Å². The van der Waals surface area contributed by atoms with Gasteiger partial charge >= 0.3 is 0 Å². The molecule has 2 heterocycles. The Morgan fingerprint density at radius 1 is 1.40 bits per heavy atom. The van der Waals surface area contributed by atoms with Crippen molar-refractivity contribution in [3.8, 4) is 0 Å². The van der Waals surface area contributed by atoms with Gasteiger partial charge in [0.25, 0.3) is 0 Å². The Bertz CT molecular complexity index is 597. The Kier molecular flexibility index (Phi) is 3.77. The van der Waals surface area contributed by atoms with Gasteiger partial charge in [-0.1, -0.05) is 11.3 Å². The highest BCUT2D eigenvalue weighted by Crippen LogP contribution is 2.38. The number of hydrogen-bond donors (Lipinski definition) is 1. The smallest absolute Gasteiger partial charge is 0.185 e. The van der Waals surface area contributed by atoms with Crippen LogP contribution in [0.5, 0.6) is 0 Å². The number of rotatable bonds is 3. The average molecular weight is 315 g/mol. The van der Waals surface area contributed by atoms with Crippen molar-refractivity contribution in [2.24, 2.45) is 0 Å². The molecule has 0 aromatic carbocycles. The first-order valence-electron chi connectivity index (χ1n) is 7.10. The summed E-state index contributed by atoms with van der Waals surface area (Å²) in [5, 5.41) is 4.32. The maximum absolute atomic E-state index is 11.6. The Morgan fingerprint density at radius 2 is 2.20 bits per heavy atom. The van der Waals surface area contributed by atoms with Gasteiger partial charge in [-0.2, -0.15) is 0 Å². The number of thiazole rings is 1. The molecule has 1 aliphatic carbocycles. The van der Waals surface area contributed by atoms with Gasteiger partial charge in [-0.15, -0.1) is 0 Å². The van der Waals surface area contributed by atoms with Crippen LogP contribution < -0.4 is 10.2 Å². The van der Waals surface area contributed by atoms with E-state index in [1.807, 2.05) is 14.1 Å². The molecule has 3 rings (SSSR count). The highest BCUT2D eigenvalue weighted by atomic mass is 32.2. The molecule has 1 aromatic heterocycles. The van der Waals surface area contributed by atoms with Crippen LogP contribution in [0.3, 0.4) is 0 Å². The first kappa shape index (κ1) is 14.3. The van der Waals surface area contributed by atoms with Crippen LogP contribution in [0, 0.1) is 0 Å². The molecule has 2 aliphatic rings. The second-order valence-electron chi connectivity index (χ2n) is 5.71. The molecular formula is C13H21N3O2S2. The van der Waals surface area contributed by atoms with Crippen LogP contribution in [-0.2, 0) is 16.3 Å². The van der Waals surface area contributed by atoms with Gasteiger partial charge in [0, 0.05) is 24.0 Å². The number of fused-ring (bicyclic) bond motifs is 1. The monoisotopic (exact) mass is 315 g/mol. The minimum absolute atomic E-state index is 0.0839. The summed E-state index contributed by atoms with van der Waals surface area (Å²) in [5.41, 5.74) is 1.20. The van der Waals surface area contributed by atoms with Crippen LogP contribution in [0.25, 0.3) is 0 Å². The molecule has 1 saturated heterocycles. The van der Waals surface area contributed by atoms with Crippen LogP contribution in [0.1, 0.15) is 35.9 Å². The molecule has 20 heavy (non-hydrogen) atoms. The summed E-state index contributed by atoms with van der Waals surface area (Å²) in [5.74, 6) is 0.579. The van der Waals surface area contributed by atoms with Gasteiger partial charge in [-0.05, 0) is 32.7 Å². The summed E-state index contributed by atoms with van der Waals surface area (Å²) in [7, 11) is 1.13. The van der Waals surface area contributed by atoms with Gasteiger partial charge in [0.1, 0.15) is 0 Å². The summed E-state index contributed by atoms with van der Waals surface area (Å²) < 4.78 is 23.2. The largest absolute Gasteiger partial charge is 0.347 e. The second kappa shape index (κ2) is 5.27. The van der Waals surface area contributed by atoms with E-state index >= 15 is 0 Å². The lowest BCUT2D eigenvalue weighted by molar-refractivity contribution is 0.501. The SMILES string of the molecule is CNC1CCCc2nc(N(C)C3CCS(=O)(=O)C3)sc21. The number of aromatic nitrogens is 1. The zero-order valence-corrected chi connectivity index (χ0v) is 13.6. The molecule has 2 unspecified atom stereocenters. The zero-order chi connectivity index (χ0) is 14.3. The fourth-order valence-electron chi connectivity index (χ4n) is 3.07. The van der Waals surface area contributed by atoms with Crippen molar-refractivity contribution in [3.05, 3.63) is 10.6 Å². The molecule has 0 spiro atoms. The lowest BCUT2D eigenvalue weighted by Crippen LogP contribution is -2.32. The van der Waals surface area contributed by atoms with Crippen molar-refractivity contribution in [1.82, 2.24) is 10.3 Å². The molecule has 1 aromatic rings. The number of sulfone groups is 1. The van der Waals surface area contributed by atoms with E-state index in [-0.39, 0.29) is 11.8 Å². The Morgan fingerprint density at radius 3 is 2.85 bits per heavy atom. The third-order valence-electron chi connectivity index (χ3n) is 4.35. The molecule has 0 amide bonds. The van der Waals surface area contributed by atoms with Crippen LogP contribution in [0.15, 0.2) is 0 Å². The third kappa shape index (κ3) is 2.58. The summed E-state index contributed by atoms with van der Waals surface area (Å²) in [4.78, 5) is 8.16. The molecule has 1 aliphatic heterocycles. The van der Waals surface area contributed by atoms with Gasteiger partial charge in [0.05, 0.1) is 17.2 Å². The maximum Gasteiger partial charge on any atom is 0.185 e. The fraction of sp³-hybridized carbons (Fsp3) is 0.769. The Labute approximate surface area is 124 Å². The summed E-state index contributed by atoms with van der Waals surface area (Å²) >= 11 is 1.72. The molecular weight excluding hydrogens is 294 g/mol. The van der Waals surface area contributed by atoms with Crippen molar-refractivity contribution in [1.29, 1.82) is 0 Å². The second-order valence-corrected chi connectivity index (χ2v) is 8.95. The van der Waals surface area contributed by atoms with Crippen molar-refractivity contribution >= 4 is 26.3 Å². The molecule has 1 N–H and O–H groups in total. The van der Waals surface area contributed by atoms with E-state index in [4.69, 9.17) is 4.98 Å². The first-order valence-corrected chi connectivity index (χ1v) is 9.74. The summed E-state index contributed by atoms with van der Waals surface area (Å²) in [6.45, 7) is 0. The van der Waals surface area contributed by atoms with E-state index in [0.717, 1.165) is 24.4 Å². The van der Waals surface area contributed by atoms with E-state index in [1.165, 1.54) is 17.0 Å². The van der Waals surface area contributed by atoms with Gasteiger partial charge in [-0.3, -0.25) is 0 Å². The summed E-state index contributed by atoms with van der Waals surface area (Å²) in [6.07, 6.45) is 4.09. The van der Waals surface area contributed by atoms with Crippen molar-refractivity contribution < 1.29 is 8.42 Å². The Hall–Kier alpha value is -0.660. The van der Waals surface area contributed by atoms with Crippen LogP contribution in [0.4, 0.5) is 5.13 Å². The normalized spacial score (nSPS) is 28.3. The number of aryl methyl sites for hydroxylation is 1. The predicted molar refractivity (Wildman–Crippen MR) is 82.3 cm³/mol. The number of nitrogens with zero attached hydrogens (tertiary/aromatic N) is 2. The molecule has 0 saturated carbocycles. The highest BCUT2D eigenvalue weighted by Gasteiger charge is 2.33. The van der Waals surface area contributed by atoms with Gasteiger partial charge in [0.2, 0.25) is 0 Å². The first-order chi connectivity index (χ1) is 9.50. The molecule has 5 nitrogen and oxygen atoms in total. The van der Waals surface area contributed by atoms with Crippen molar-refractivity contribution in [3.63, 3.8) is 0 Å². The van der Waals surface area contributed by atoms with Gasteiger partial charge < -0.3 is 10.2 Å². The average Bonchev–Trinajstić information content (AvgIpc) is 3.00.